The summed E-state index contributed by atoms with van der Waals surface area (Å²) in [6.07, 6.45) is 43.2. The van der Waals surface area contributed by atoms with Crippen LogP contribution in [0.15, 0.2) is 36.5 Å². The summed E-state index contributed by atoms with van der Waals surface area (Å²) in [5.74, 6) is -0.116. The number of rotatable bonds is 39. The average Bonchev–Trinajstić information content (AvgIpc) is 3.89. The molecule has 55 heavy (non-hydrogen) atoms. The van der Waals surface area contributed by atoms with Gasteiger partial charge in [0.1, 0.15) is 6.61 Å². The molecule has 0 aromatic rings. The smallest absolute Gasteiger partial charge is 0.462 e. The molecule has 1 saturated heterocycles. The quantitative estimate of drug-likeness (QED) is 0.0205. The van der Waals surface area contributed by atoms with E-state index in [1.165, 1.54) is 109 Å². The van der Waals surface area contributed by atoms with Crippen LogP contribution in [0.2, 0.25) is 0 Å². The molecule has 320 valence electrons. The lowest BCUT2D eigenvalue weighted by molar-refractivity contribution is -0.161. The van der Waals surface area contributed by atoms with Gasteiger partial charge in [-0.25, -0.2) is 4.57 Å². The van der Waals surface area contributed by atoms with Crippen molar-refractivity contribution in [3.63, 3.8) is 0 Å². The van der Waals surface area contributed by atoms with Gasteiger partial charge in [0, 0.05) is 12.8 Å². The summed E-state index contributed by atoms with van der Waals surface area (Å²) in [5.41, 5.74) is 0. The predicted molar refractivity (Wildman–Crippen MR) is 225 cm³/mol. The summed E-state index contributed by atoms with van der Waals surface area (Å²) in [6, 6.07) is 0. The molecule has 0 saturated carbocycles. The molecule has 1 aliphatic rings. The lowest BCUT2D eigenvalue weighted by Gasteiger charge is -2.18. The number of carbonyl (C=O) groups excluding carboxylic acids is 2. The number of ether oxygens (including phenoxy) is 3. The number of allylic oxidation sites excluding steroid dienone is 5. The molecular formula is C45H81O9P. The molecule has 1 aliphatic heterocycles. The molecule has 0 aromatic heterocycles. The molecule has 9 nitrogen and oxygen atoms in total. The SMILES string of the molecule is CCCCC/C=C\C/C=C\C/C=C\CC1OC1CCCC(=O)O[C@H](COC(=O)CCCCCCCCCCCCCCCCCCC(C)C)COP(=O)(O)O. The zero-order valence-corrected chi connectivity index (χ0v) is 36.1. The van der Waals surface area contributed by atoms with E-state index in [0.717, 1.165) is 50.9 Å². The van der Waals surface area contributed by atoms with Crippen LogP contribution in [0.4, 0.5) is 0 Å². The molecule has 3 atom stereocenters. The molecule has 0 spiro atoms. The van der Waals surface area contributed by atoms with Crippen molar-refractivity contribution in [1.82, 2.24) is 0 Å². The van der Waals surface area contributed by atoms with E-state index in [2.05, 4.69) is 61.8 Å². The van der Waals surface area contributed by atoms with Crippen LogP contribution in [0.5, 0.6) is 0 Å². The highest BCUT2D eigenvalue weighted by molar-refractivity contribution is 7.46. The van der Waals surface area contributed by atoms with E-state index in [4.69, 9.17) is 24.0 Å². The Labute approximate surface area is 336 Å². The first-order valence-corrected chi connectivity index (χ1v) is 23.8. The van der Waals surface area contributed by atoms with Gasteiger partial charge in [0.25, 0.3) is 0 Å². The topological polar surface area (TPSA) is 132 Å². The molecule has 0 bridgehead atoms. The second kappa shape index (κ2) is 35.4. The van der Waals surface area contributed by atoms with Crippen LogP contribution < -0.4 is 0 Å². The van der Waals surface area contributed by atoms with Crippen molar-refractivity contribution >= 4 is 19.8 Å². The van der Waals surface area contributed by atoms with Gasteiger partial charge < -0.3 is 24.0 Å². The van der Waals surface area contributed by atoms with Crippen molar-refractivity contribution in [3.8, 4) is 0 Å². The first-order chi connectivity index (χ1) is 26.6. The monoisotopic (exact) mass is 797 g/mol. The van der Waals surface area contributed by atoms with Crippen molar-refractivity contribution in [3.05, 3.63) is 36.5 Å². The Hall–Kier alpha value is -1.77. The molecule has 1 rings (SSSR count). The van der Waals surface area contributed by atoms with E-state index in [0.29, 0.717) is 12.8 Å². The summed E-state index contributed by atoms with van der Waals surface area (Å²) < 4.78 is 32.2. The fourth-order valence-corrected chi connectivity index (χ4v) is 6.95. The lowest BCUT2D eigenvalue weighted by atomic mass is 10.0. The molecule has 0 aromatic carbocycles. The largest absolute Gasteiger partial charge is 0.469 e. The highest BCUT2D eigenvalue weighted by Crippen LogP contribution is 2.36. The van der Waals surface area contributed by atoms with Gasteiger partial charge in [0.2, 0.25) is 0 Å². The van der Waals surface area contributed by atoms with Crippen LogP contribution in [0.3, 0.4) is 0 Å². The Morgan fingerprint density at radius 2 is 1.16 bits per heavy atom. The van der Waals surface area contributed by atoms with E-state index in [1.807, 2.05) is 0 Å². The molecule has 0 radical (unpaired) electrons. The van der Waals surface area contributed by atoms with E-state index >= 15 is 0 Å². The maximum Gasteiger partial charge on any atom is 0.469 e. The second-order valence-electron chi connectivity index (χ2n) is 15.9. The van der Waals surface area contributed by atoms with Crippen LogP contribution in [0.1, 0.15) is 201 Å². The molecule has 1 heterocycles. The molecule has 0 amide bonds. The van der Waals surface area contributed by atoms with Gasteiger partial charge in [-0.1, -0.05) is 173 Å². The number of epoxide rings is 1. The first kappa shape index (κ1) is 51.2. The molecule has 1 fully saturated rings. The fourth-order valence-electron chi connectivity index (χ4n) is 6.59. The number of phosphoric ester groups is 1. The highest BCUT2D eigenvalue weighted by atomic mass is 31.2. The lowest BCUT2D eigenvalue weighted by Crippen LogP contribution is -2.29. The van der Waals surface area contributed by atoms with Crippen LogP contribution in [-0.2, 0) is 32.9 Å². The third kappa shape index (κ3) is 36.3. The molecule has 2 unspecified atom stereocenters. The van der Waals surface area contributed by atoms with Crippen LogP contribution in [0, 0.1) is 5.92 Å². The minimum Gasteiger partial charge on any atom is -0.462 e. The van der Waals surface area contributed by atoms with E-state index < -0.39 is 32.5 Å². The van der Waals surface area contributed by atoms with Crippen molar-refractivity contribution in [2.24, 2.45) is 5.92 Å². The zero-order chi connectivity index (χ0) is 40.2. The van der Waals surface area contributed by atoms with Gasteiger partial charge in [-0.3, -0.25) is 14.1 Å². The fraction of sp³-hybridized carbons (Fsp3) is 0.822. The summed E-state index contributed by atoms with van der Waals surface area (Å²) in [4.78, 5) is 43.1. The average molecular weight is 797 g/mol. The van der Waals surface area contributed by atoms with Crippen molar-refractivity contribution in [1.29, 1.82) is 0 Å². The Bertz CT molecular complexity index is 1070. The van der Waals surface area contributed by atoms with Crippen molar-refractivity contribution in [2.75, 3.05) is 13.2 Å². The Morgan fingerprint density at radius 1 is 0.636 bits per heavy atom. The number of esters is 2. The summed E-state index contributed by atoms with van der Waals surface area (Å²) >= 11 is 0. The van der Waals surface area contributed by atoms with Crippen LogP contribution >= 0.6 is 7.82 Å². The normalized spacial score (nSPS) is 16.5. The van der Waals surface area contributed by atoms with E-state index in [-0.39, 0.29) is 31.7 Å². The van der Waals surface area contributed by atoms with Crippen LogP contribution in [0.25, 0.3) is 0 Å². The van der Waals surface area contributed by atoms with E-state index in [9.17, 15) is 14.2 Å². The number of carbonyl (C=O) groups is 2. The third-order valence-electron chi connectivity index (χ3n) is 10.0. The molecule has 0 aliphatic carbocycles. The number of hydrogen-bond acceptors (Lipinski definition) is 7. The van der Waals surface area contributed by atoms with Gasteiger partial charge in [-0.15, -0.1) is 0 Å². The molecule has 10 heteroatoms. The Kier molecular flexibility index (Phi) is 33.0. The number of unbranched alkanes of at least 4 members (excludes halogenated alkanes) is 18. The maximum atomic E-state index is 12.5. The van der Waals surface area contributed by atoms with Crippen molar-refractivity contribution in [2.45, 2.75) is 219 Å². The summed E-state index contributed by atoms with van der Waals surface area (Å²) in [5, 5.41) is 0. The molecule has 2 N–H and O–H groups in total. The highest BCUT2D eigenvalue weighted by Gasteiger charge is 2.36. The van der Waals surface area contributed by atoms with Gasteiger partial charge in [0.15, 0.2) is 6.10 Å². The Morgan fingerprint density at radius 3 is 1.73 bits per heavy atom. The maximum absolute atomic E-state index is 12.5. The summed E-state index contributed by atoms with van der Waals surface area (Å²) in [7, 11) is -4.78. The number of hydrogen-bond donors (Lipinski definition) is 2. The minimum absolute atomic E-state index is 0.115. The van der Waals surface area contributed by atoms with Gasteiger partial charge in [0.05, 0.1) is 18.8 Å². The first-order valence-electron chi connectivity index (χ1n) is 22.3. The molecular weight excluding hydrogens is 715 g/mol. The second-order valence-corrected chi connectivity index (χ2v) is 17.1. The predicted octanol–water partition coefficient (Wildman–Crippen LogP) is 12.6. The van der Waals surface area contributed by atoms with Crippen molar-refractivity contribution < 1.29 is 42.7 Å². The van der Waals surface area contributed by atoms with Gasteiger partial charge in [-0.2, -0.15) is 0 Å². The minimum atomic E-state index is -4.78. The Balaban J connectivity index is 2.08. The summed E-state index contributed by atoms with van der Waals surface area (Å²) in [6.45, 7) is 5.96. The van der Waals surface area contributed by atoms with Crippen LogP contribution in [-0.4, -0.2) is 53.3 Å². The zero-order valence-electron chi connectivity index (χ0n) is 35.2. The van der Waals surface area contributed by atoms with Gasteiger partial charge in [-0.05, 0) is 57.3 Å². The number of phosphoric acid groups is 1. The third-order valence-corrected chi connectivity index (χ3v) is 10.5. The standard InChI is InChI=1S/C45H81O9P/c1-4-5-6-7-8-9-10-18-21-24-27-30-34-42-43(54-42)35-32-37-45(47)53-41(39-52-55(48,49)50)38-51-44(46)36-31-28-25-22-19-16-14-12-11-13-15-17-20-23-26-29-33-40(2)3/h8-9,18,21,27,30,40-43H,4-7,10-17,19-20,22-26,28-29,31-39H2,1-3H3,(H2,48,49,50)/b9-8-,21-18-,30-27-/t41-,42?,43?/m1/s1. The van der Waals surface area contributed by atoms with Gasteiger partial charge >= 0.3 is 19.8 Å². The van der Waals surface area contributed by atoms with E-state index in [1.54, 1.807) is 0 Å².